The van der Waals surface area contributed by atoms with Crippen LogP contribution in [0.25, 0.3) is 0 Å². The van der Waals surface area contributed by atoms with E-state index in [0.29, 0.717) is 31.7 Å². The third-order valence-electron chi connectivity index (χ3n) is 4.94. The van der Waals surface area contributed by atoms with Gasteiger partial charge in [-0.2, -0.15) is 0 Å². The van der Waals surface area contributed by atoms with Gasteiger partial charge in [0.05, 0.1) is 38.1 Å². The van der Waals surface area contributed by atoms with Crippen LogP contribution in [0.4, 0.5) is 0 Å². The summed E-state index contributed by atoms with van der Waals surface area (Å²) in [7, 11) is 3.24. The van der Waals surface area contributed by atoms with Crippen LogP contribution in [0.2, 0.25) is 0 Å². The molecule has 0 amide bonds. The smallest absolute Gasteiger partial charge is 0.182 e. The van der Waals surface area contributed by atoms with Crippen LogP contribution >= 0.6 is 0 Å². The van der Waals surface area contributed by atoms with Gasteiger partial charge in [0.25, 0.3) is 0 Å². The summed E-state index contributed by atoms with van der Waals surface area (Å²) in [5.41, 5.74) is -0.103. The molecule has 6 nitrogen and oxygen atoms in total. The zero-order valence-electron chi connectivity index (χ0n) is 16.2. The lowest BCUT2D eigenvalue weighted by atomic mass is 9.84. The molecular weight excluding hydrogens is 334 g/mol. The minimum Gasteiger partial charge on any atom is -0.497 e. The second-order valence-corrected chi connectivity index (χ2v) is 7.11. The Balaban J connectivity index is 2.27. The van der Waals surface area contributed by atoms with Crippen molar-refractivity contribution in [3.63, 3.8) is 0 Å². The number of ether oxygens (including phenoxy) is 3. The minimum absolute atomic E-state index is 0.0394. The standard InChI is InChI=1S/C20H31NO5/c1-15(22)13-21(11-12-24-3)20(2,10-9-18-14-26-18)19(23)16-5-7-17(25-4)8-6-16/h5-8,15,18,22H,9-14H2,1-4H3. The summed E-state index contributed by atoms with van der Waals surface area (Å²) in [5.74, 6) is 0.757. The lowest BCUT2D eigenvalue weighted by Gasteiger charge is -2.41. The molecule has 0 bridgehead atoms. The van der Waals surface area contributed by atoms with Gasteiger partial charge in [0.15, 0.2) is 5.78 Å². The van der Waals surface area contributed by atoms with E-state index in [1.807, 2.05) is 11.8 Å². The molecule has 1 aromatic carbocycles. The van der Waals surface area contributed by atoms with Gasteiger partial charge in [-0.1, -0.05) is 0 Å². The van der Waals surface area contributed by atoms with E-state index in [0.717, 1.165) is 18.8 Å². The maximum absolute atomic E-state index is 13.4. The summed E-state index contributed by atoms with van der Waals surface area (Å²) in [6.07, 6.45) is 1.20. The Kier molecular flexibility index (Phi) is 7.58. The highest BCUT2D eigenvalue weighted by Gasteiger charge is 2.41. The SMILES string of the molecule is COCCN(CC(C)O)C(C)(CCC1CO1)C(=O)c1ccc(OC)cc1. The van der Waals surface area contributed by atoms with Crippen molar-refractivity contribution in [3.8, 4) is 5.75 Å². The molecule has 0 radical (unpaired) electrons. The number of β-amino-alcohol motifs (C(OH)–C–C–N with tert-alkyl or cyclic N) is 1. The highest BCUT2D eigenvalue weighted by molar-refractivity contribution is 6.03. The predicted octanol–water partition coefficient (Wildman–Crippen LogP) is 2.14. The number of ketones is 1. The van der Waals surface area contributed by atoms with Crippen molar-refractivity contribution in [1.82, 2.24) is 4.90 Å². The number of rotatable bonds is 12. The van der Waals surface area contributed by atoms with Gasteiger partial charge in [0.1, 0.15) is 5.75 Å². The Morgan fingerprint density at radius 1 is 1.38 bits per heavy atom. The molecule has 1 heterocycles. The van der Waals surface area contributed by atoms with Crippen molar-refractivity contribution in [3.05, 3.63) is 29.8 Å². The van der Waals surface area contributed by atoms with Crippen LogP contribution in [0.1, 0.15) is 37.0 Å². The third-order valence-corrected chi connectivity index (χ3v) is 4.94. The van der Waals surface area contributed by atoms with E-state index in [2.05, 4.69) is 0 Å². The second kappa shape index (κ2) is 9.46. The Hall–Kier alpha value is -1.47. The molecule has 1 aliphatic rings. The van der Waals surface area contributed by atoms with Crippen LogP contribution in [0.15, 0.2) is 24.3 Å². The largest absolute Gasteiger partial charge is 0.497 e. The highest BCUT2D eigenvalue weighted by atomic mass is 16.6. The van der Waals surface area contributed by atoms with Crippen molar-refractivity contribution < 1.29 is 24.1 Å². The monoisotopic (exact) mass is 365 g/mol. The lowest BCUT2D eigenvalue weighted by Crippen LogP contribution is -2.55. The first-order chi connectivity index (χ1) is 12.4. The third kappa shape index (κ3) is 5.51. The molecule has 1 aromatic rings. The van der Waals surface area contributed by atoms with Gasteiger partial charge in [-0.3, -0.25) is 9.69 Å². The molecule has 1 aliphatic heterocycles. The highest BCUT2D eigenvalue weighted by Crippen LogP contribution is 2.30. The number of aliphatic hydroxyl groups excluding tert-OH is 1. The minimum atomic E-state index is -0.740. The molecule has 3 unspecified atom stereocenters. The maximum atomic E-state index is 13.4. The number of epoxide rings is 1. The van der Waals surface area contributed by atoms with E-state index in [4.69, 9.17) is 14.2 Å². The number of hydrogen-bond acceptors (Lipinski definition) is 6. The number of carbonyl (C=O) groups is 1. The Labute approximate surface area is 156 Å². The number of aliphatic hydroxyl groups is 1. The molecule has 146 valence electrons. The fourth-order valence-electron chi connectivity index (χ4n) is 3.21. The van der Waals surface area contributed by atoms with Gasteiger partial charge in [-0.15, -0.1) is 0 Å². The fraction of sp³-hybridized carbons (Fsp3) is 0.650. The molecule has 2 rings (SSSR count). The van der Waals surface area contributed by atoms with Gasteiger partial charge in [-0.25, -0.2) is 0 Å². The Morgan fingerprint density at radius 3 is 2.54 bits per heavy atom. The molecule has 0 spiro atoms. The molecule has 6 heteroatoms. The number of hydrogen-bond donors (Lipinski definition) is 1. The number of nitrogens with zero attached hydrogens (tertiary/aromatic N) is 1. The van der Waals surface area contributed by atoms with Crippen molar-refractivity contribution in [2.75, 3.05) is 40.5 Å². The molecule has 0 saturated carbocycles. The van der Waals surface area contributed by atoms with Gasteiger partial charge >= 0.3 is 0 Å². The molecule has 1 saturated heterocycles. The molecule has 0 aliphatic carbocycles. The van der Waals surface area contributed by atoms with Crippen molar-refractivity contribution >= 4 is 5.78 Å². The van der Waals surface area contributed by atoms with E-state index < -0.39 is 11.6 Å². The van der Waals surface area contributed by atoms with Crippen LogP contribution in [0.5, 0.6) is 5.75 Å². The van der Waals surface area contributed by atoms with Crippen LogP contribution in [0, 0.1) is 0 Å². The number of carbonyl (C=O) groups excluding carboxylic acids is 1. The van der Waals surface area contributed by atoms with Gasteiger partial charge in [0, 0.05) is 25.8 Å². The molecule has 1 N–H and O–H groups in total. The first-order valence-corrected chi connectivity index (χ1v) is 9.13. The van der Waals surface area contributed by atoms with Gasteiger partial charge in [-0.05, 0) is 51.0 Å². The van der Waals surface area contributed by atoms with Crippen molar-refractivity contribution in [2.24, 2.45) is 0 Å². The molecular formula is C20H31NO5. The summed E-state index contributed by atoms with van der Waals surface area (Å²) in [5, 5.41) is 9.96. The van der Waals surface area contributed by atoms with Crippen LogP contribution < -0.4 is 4.74 Å². The van der Waals surface area contributed by atoms with E-state index in [1.54, 1.807) is 45.4 Å². The summed E-state index contributed by atoms with van der Waals surface area (Å²) in [6.45, 7) is 5.94. The average molecular weight is 365 g/mol. The van der Waals surface area contributed by atoms with E-state index in [9.17, 15) is 9.90 Å². The van der Waals surface area contributed by atoms with E-state index in [1.165, 1.54) is 0 Å². The average Bonchev–Trinajstić information content (AvgIpc) is 3.46. The van der Waals surface area contributed by atoms with Crippen molar-refractivity contribution in [2.45, 2.75) is 44.4 Å². The number of benzene rings is 1. The number of Topliss-reactive ketones (excluding diaryl/α,β-unsaturated/α-hetero) is 1. The topological polar surface area (TPSA) is 71.5 Å². The molecule has 3 atom stereocenters. The molecule has 0 aromatic heterocycles. The fourth-order valence-corrected chi connectivity index (χ4v) is 3.21. The van der Waals surface area contributed by atoms with Crippen LogP contribution in [0.3, 0.4) is 0 Å². The van der Waals surface area contributed by atoms with Crippen molar-refractivity contribution in [1.29, 1.82) is 0 Å². The summed E-state index contributed by atoms with van der Waals surface area (Å²) < 4.78 is 15.8. The number of methoxy groups -OCH3 is 2. The normalized spacial score (nSPS) is 19.8. The van der Waals surface area contributed by atoms with Crippen LogP contribution in [-0.2, 0) is 9.47 Å². The van der Waals surface area contributed by atoms with E-state index >= 15 is 0 Å². The lowest BCUT2D eigenvalue weighted by molar-refractivity contribution is 0.0223. The van der Waals surface area contributed by atoms with Gasteiger partial charge in [0.2, 0.25) is 0 Å². The Morgan fingerprint density at radius 2 is 2.04 bits per heavy atom. The summed E-state index contributed by atoms with van der Waals surface area (Å²) in [6, 6.07) is 7.19. The maximum Gasteiger partial charge on any atom is 0.182 e. The quantitative estimate of drug-likeness (QED) is 0.452. The van der Waals surface area contributed by atoms with Gasteiger partial charge < -0.3 is 19.3 Å². The molecule has 26 heavy (non-hydrogen) atoms. The Bertz CT molecular complexity index is 570. The zero-order chi connectivity index (χ0) is 19.2. The predicted molar refractivity (Wildman–Crippen MR) is 99.8 cm³/mol. The summed E-state index contributed by atoms with van der Waals surface area (Å²) >= 11 is 0. The summed E-state index contributed by atoms with van der Waals surface area (Å²) in [4.78, 5) is 15.5. The molecule has 1 fully saturated rings. The van der Waals surface area contributed by atoms with Crippen LogP contribution in [-0.4, -0.2) is 74.1 Å². The zero-order valence-corrected chi connectivity index (χ0v) is 16.2. The second-order valence-electron chi connectivity index (χ2n) is 7.11. The first kappa shape index (κ1) is 20.8. The van der Waals surface area contributed by atoms with E-state index in [-0.39, 0.29) is 11.9 Å². The first-order valence-electron chi connectivity index (χ1n) is 9.13.